The van der Waals surface area contributed by atoms with Crippen molar-refractivity contribution in [3.05, 3.63) is 28.0 Å². The first-order valence-electron chi connectivity index (χ1n) is 5.90. The maximum absolute atomic E-state index is 10.6. The highest BCUT2D eigenvalue weighted by atomic mass is 32.2. The Labute approximate surface area is 119 Å². The molecule has 0 saturated heterocycles. The number of thioether (sulfide) groups is 1. The van der Waals surface area contributed by atoms with Crippen molar-refractivity contribution in [3.63, 3.8) is 0 Å². The Morgan fingerprint density at radius 2 is 2.37 bits per heavy atom. The van der Waals surface area contributed by atoms with Crippen LogP contribution in [0.5, 0.6) is 0 Å². The highest BCUT2D eigenvalue weighted by molar-refractivity contribution is 7.99. The zero-order valence-corrected chi connectivity index (χ0v) is 12.4. The minimum absolute atomic E-state index is 0.0224. The van der Waals surface area contributed by atoms with E-state index < -0.39 is 5.97 Å². The number of aryl methyl sites for hydroxylation is 2. The normalized spacial score (nSPS) is 10.8. The summed E-state index contributed by atoms with van der Waals surface area (Å²) in [6, 6.07) is 0. The third kappa shape index (κ3) is 3.81. The fourth-order valence-corrected chi connectivity index (χ4v) is 3.22. The van der Waals surface area contributed by atoms with Crippen molar-refractivity contribution in [1.29, 1.82) is 0 Å². The topological polar surface area (TPSA) is 68.0 Å². The van der Waals surface area contributed by atoms with Crippen molar-refractivity contribution in [2.45, 2.75) is 32.0 Å². The smallest absolute Gasteiger partial charge is 0.313 e. The van der Waals surface area contributed by atoms with Gasteiger partial charge in [0.25, 0.3) is 0 Å². The number of hydrogen-bond donors (Lipinski definition) is 1. The molecule has 2 heterocycles. The molecule has 0 bridgehead atoms. The molecule has 2 aromatic rings. The molecular weight excluding hydrogens is 282 g/mol. The maximum atomic E-state index is 10.6. The van der Waals surface area contributed by atoms with Crippen LogP contribution in [0.25, 0.3) is 0 Å². The van der Waals surface area contributed by atoms with Gasteiger partial charge < -0.3 is 9.67 Å². The lowest BCUT2D eigenvalue weighted by molar-refractivity contribution is -0.133. The third-order valence-electron chi connectivity index (χ3n) is 2.44. The number of rotatable bonds is 6. The Balaban J connectivity index is 2.12. The largest absolute Gasteiger partial charge is 0.481 e. The lowest BCUT2D eigenvalue weighted by Gasteiger charge is -2.03. The summed E-state index contributed by atoms with van der Waals surface area (Å²) in [6.45, 7) is 4.65. The quantitative estimate of drug-likeness (QED) is 0.829. The first-order valence-corrected chi connectivity index (χ1v) is 7.70. The van der Waals surface area contributed by atoms with Gasteiger partial charge in [0.1, 0.15) is 5.01 Å². The van der Waals surface area contributed by atoms with Crippen LogP contribution in [0.2, 0.25) is 0 Å². The Hall–Kier alpha value is -1.34. The van der Waals surface area contributed by atoms with Crippen LogP contribution >= 0.6 is 23.1 Å². The summed E-state index contributed by atoms with van der Waals surface area (Å²) in [5, 5.41) is 10.5. The van der Waals surface area contributed by atoms with Gasteiger partial charge in [0.15, 0.2) is 5.16 Å². The fourth-order valence-electron chi connectivity index (χ4n) is 1.61. The number of carboxylic acids is 1. The molecule has 0 amide bonds. The summed E-state index contributed by atoms with van der Waals surface area (Å²) in [5.74, 6) is -0.811. The van der Waals surface area contributed by atoms with Gasteiger partial charge in [-0.05, 0) is 13.3 Å². The number of carbonyl (C=O) groups is 1. The highest BCUT2D eigenvalue weighted by Crippen LogP contribution is 2.21. The predicted molar refractivity (Wildman–Crippen MR) is 75.9 cm³/mol. The standard InChI is InChI=1S/C12H15N3O2S2/c1-3-9-4-13-10(19-9)6-15-5-8(2)14-12(15)18-7-11(16)17/h4-5H,3,6-7H2,1-2H3,(H,16,17). The van der Waals surface area contributed by atoms with E-state index in [0.29, 0.717) is 6.54 Å². The van der Waals surface area contributed by atoms with Crippen LogP contribution in [-0.4, -0.2) is 31.4 Å². The second-order valence-electron chi connectivity index (χ2n) is 4.05. The Morgan fingerprint density at radius 3 is 3.00 bits per heavy atom. The molecule has 0 radical (unpaired) electrons. The summed E-state index contributed by atoms with van der Waals surface area (Å²) in [5.41, 5.74) is 0.889. The number of thiazole rings is 1. The van der Waals surface area contributed by atoms with Gasteiger partial charge in [-0.25, -0.2) is 9.97 Å². The van der Waals surface area contributed by atoms with Gasteiger partial charge in [-0.3, -0.25) is 4.79 Å². The maximum Gasteiger partial charge on any atom is 0.313 e. The fraction of sp³-hybridized carbons (Fsp3) is 0.417. The number of nitrogens with zero attached hydrogens (tertiary/aromatic N) is 3. The SMILES string of the molecule is CCc1cnc(Cn2cc(C)nc2SCC(=O)O)s1. The molecular formula is C12H15N3O2S2. The summed E-state index contributed by atoms with van der Waals surface area (Å²) < 4.78 is 1.96. The molecule has 0 atom stereocenters. The summed E-state index contributed by atoms with van der Waals surface area (Å²) >= 11 is 2.92. The van der Waals surface area contributed by atoms with Gasteiger partial charge in [-0.1, -0.05) is 18.7 Å². The summed E-state index contributed by atoms with van der Waals surface area (Å²) in [6.07, 6.45) is 4.81. The number of imidazole rings is 1. The van der Waals surface area contributed by atoms with Crippen LogP contribution in [0, 0.1) is 6.92 Å². The molecule has 0 unspecified atom stereocenters. The molecule has 102 valence electrons. The second-order valence-corrected chi connectivity index (χ2v) is 6.19. The van der Waals surface area contributed by atoms with Crippen LogP contribution in [-0.2, 0) is 17.8 Å². The van der Waals surface area contributed by atoms with Crippen molar-refractivity contribution < 1.29 is 9.90 Å². The van der Waals surface area contributed by atoms with E-state index in [-0.39, 0.29) is 5.75 Å². The van der Waals surface area contributed by atoms with E-state index in [1.807, 2.05) is 23.9 Å². The van der Waals surface area contributed by atoms with Gasteiger partial charge in [-0.2, -0.15) is 0 Å². The van der Waals surface area contributed by atoms with Crippen LogP contribution in [0.4, 0.5) is 0 Å². The average Bonchev–Trinajstić information content (AvgIpc) is 2.94. The predicted octanol–water partition coefficient (Wildman–Crippen LogP) is 2.44. The molecule has 1 N–H and O–H groups in total. The van der Waals surface area contributed by atoms with E-state index in [1.165, 1.54) is 16.6 Å². The molecule has 0 aliphatic rings. The van der Waals surface area contributed by atoms with Gasteiger partial charge in [-0.15, -0.1) is 11.3 Å². The first-order chi connectivity index (χ1) is 9.08. The van der Waals surface area contributed by atoms with Crippen molar-refractivity contribution in [1.82, 2.24) is 14.5 Å². The van der Waals surface area contributed by atoms with Gasteiger partial charge in [0.05, 0.1) is 18.0 Å². The highest BCUT2D eigenvalue weighted by Gasteiger charge is 2.10. The van der Waals surface area contributed by atoms with Gasteiger partial charge in [0.2, 0.25) is 0 Å². The van der Waals surface area contributed by atoms with Gasteiger partial charge >= 0.3 is 5.97 Å². The molecule has 5 nitrogen and oxygen atoms in total. The van der Waals surface area contributed by atoms with E-state index in [0.717, 1.165) is 22.3 Å². The van der Waals surface area contributed by atoms with E-state index >= 15 is 0 Å². The second kappa shape index (κ2) is 6.21. The van der Waals surface area contributed by atoms with Crippen LogP contribution in [0.3, 0.4) is 0 Å². The number of aromatic nitrogens is 3. The minimum atomic E-state index is -0.834. The van der Waals surface area contributed by atoms with Crippen molar-refractivity contribution in [2.75, 3.05) is 5.75 Å². The molecule has 0 saturated carbocycles. The molecule has 0 fully saturated rings. The van der Waals surface area contributed by atoms with Crippen molar-refractivity contribution >= 4 is 29.1 Å². The molecule has 0 aliphatic heterocycles. The van der Waals surface area contributed by atoms with E-state index in [1.54, 1.807) is 11.3 Å². The number of hydrogen-bond acceptors (Lipinski definition) is 5. The Kier molecular flexibility index (Phi) is 4.60. The van der Waals surface area contributed by atoms with E-state index in [9.17, 15) is 4.79 Å². The van der Waals surface area contributed by atoms with Crippen LogP contribution in [0.15, 0.2) is 17.6 Å². The zero-order valence-electron chi connectivity index (χ0n) is 10.8. The van der Waals surface area contributed by atoms with E-state index in [4.69, 9.17) is 5.11 Å². The van der Waals surface area contributed by atoms with E-state index in [2.05, 4.69) is 16.9 Å². The molecule has 2 aromatic heterocycles. The lowest BCUT2D eigenvalue weighted by Crippen LogP contribution is -2.03. The summed E-state index contributed by atoms with van der Waals surface area (Å²) in [7, 11) is 0. The number of carboxylic acid groups (broad SMARTS) is 1. The molecule has 7 heteroatoms. The molecule has 19 heavy (non-hydrogen) atoms. The molecule has 2 rings (SSSR count). The Morgan fingerprint density at radius 1 is 1.58 bits per heavy atom. The van der Waals surface area contributed by atoms with Gasteiger partial charge in [0, 0.05) is 17.3 Å². The van der Waals surface area contributed by atoms with Crippen molar-refractivity contribution in [2.24, 2.45) is 0 Å². The molecule has 0 spiro atoms. The summed E-state index contributed by atoms with van der Waals surface area (Å²) in [4.78, 5) is 20.6. The molecule has 0 aliphatic carbocycles. The minimum Gasteiger partial charge on any atom is -0.481 e. The van der Waals surface area contributed by atoms with Crippen LogP contribution < -0.4 is 0 Å². The average molecular weight is 297 g/mol. The Bertz CT molecular complexity index is 577. The number of aliphatic carboxylic acids is 1. The lowest BCUT2D eigenvalue weighted by atomic mass is 10.4. The zero-order chi connectivity index (χ0) is 13.8. The van der Waals surface area contributed by atoms with Crippen LogP contribution in [0.1, 0.15) is 22.5 Å². The molecule has 0 aromatic carbocycles. The first kappa shape index (κ1) is 14.1. The third-order valence-corrected chi connectivity index (χ3v) is 4.54. The van der Waals surface area contributed by atoms with Crippen molar-refractivity contribution in [3.8, 4) is 0 Å². The monoisotopic (exact) mass is 297 g/mol.